The average Bonchev–Trinajstić information content (AvgIpc) is 2.12. The molecule has 4 nitrogen and oxygen atoms in total. The zero-order valence-electron chi connectivity index (χ0n) is 6.86. The number of rotatable bonds is 5. The number of ketones is 1. The quantitative estimate of drug-likeness (QED) is 0.425. The summed E-state index contributed by atoms with van der Waals surface area (Å²) in [7, 11) is 0. The van der Waals surface area contributed by atoms with Crippen LogP contribution in [0.4, 0.5) is 0 Å². The van der Waals surface area contributed by atoms with Crippen molar-refractivity contribution in [1.82, 2.24) is 0 Å². The van der Waals surface area contributed by atoms with E-state index >= 15 is 0 Å². The second kappa shape index (κ2) is 4.79. The van der Waals surface area contributed by atoms with Crippen molar-refractivity contribution in [2.75, 3.05) is 6.61 Å². The van der Waals surface area contributed by atoms with Crippen molar-refractivity contribution in [3.05, 3.63) is 12.2 Å². The fourth-order valence-corrected chi connectivity index (χ4v) is 0.673. The summed E-state index contributed by atoms with van der Waals surface area (Å²) in [6.45, 7) is 4.24. The van der Waals surface area contributed by atoms with Gasteiger partial charge in [0.25, 0.3) is 0 Å². The lowest BCUT2D eigenvalue weighted by Crippen LogP contribution is -2.28. The molecular weight excluding hydrogens is 160 g/mol. The van der Waals surface area contributed by atoms with Crippen LogP contribution in [0.1, 0.15) is 6.92 Å². The van der Waals surface area contributed by atoms with Crippen LogP contribution in [0.15, 0.2) is 12.2 Å². The smallest absolute Gasteiger partial charge is 0.166 e. The Morgan fingerprint density at radius 1 is 1.67 bits per heavy atom. The first-order valence-electron chi connectivity index (χ1n) is 3.50. The fraction of sp³-hybridized carbons (Fsp3) is 0.500. The zero-order chi connectivity index (χ0) is 9.72. The summed E-state index contributed by atoms with van der Waals surface area (Å²) in [5.74, 6) is -1.32. The molecular formula is C8H12O4. The van der Waals surface area contributed by atoms with Crippen molar-refractivity contribution in [2.24, 2.45) is 5.92 Å². The second-order valence-electron chi connectivity index (χ2n) is 2.54. The summed E-state index contributed by atoms with van der Waals surface area (Å²) in [5, 5.41) is 17.4. The highest BCUT2D eigenvalue weighted by Crippen LogP contribution is 2.07. The van der Waals surface area contributed by atoms with Crippen molar-refractivity contribution in [3.8, 4) is 0 Å². The molecule has 2 N–H and O–H groups in total. The van der Waals surface area contributed by atoms with Crippen LogP contribution in [0.3, 0.4) is 0 Å². The van der Waals surface area contributed by atoms with E-state index < -0.39 is 24.4 Å². The molecule has 0 aromatic rings. The standard InChI is InChI=1S/C8H12O4/c1-5(3-9)8(12)6(2)7(11)4-10/h4,6-7,9,11H,1,3H2,2H3/t6-,7+/m1/s1. The van der Waals surface area contributed by atoms with Gasteiger partial charge in [-0.1, -0.05) is 13.5 Å². The SMILES string of the molecule is C=C(CO)C(=O)[C@H](C)[C@@H](O)C=O. The van der Waals surface area contributed by atoms with E-state index in [1.807, 2.05) is 0 Å². The molecule has 0 heterocycles. The van der Waals surface area contributed by atoms with E-state index in [1.165, 1.54) is 6.92 Å². The summed E-state index contributed by atoms with van der Waals surface area (Å²) < 4.78 is 0. The molecule has 68 valence electrons. The minimum atomic E-state index is -1.32. The van der Waals surface area contributed by atoms with Crippen molar-refractivity contribution in [3.63, 3.8) is 0 Å². The molecule has 0 aromatic heterocycles. The van der Waals surface area contributed by atoms with Gasteiger partial charge < -0.3 is 15.0 Å². The molecule has 12 heavy (non-hydrogen) atoms. The molecule has 0 saturated carbocycles. The van der Waals surface area contributed by atoms with E-state index in [0.29, 0.717) is 0 Å². The Balaban J connectivity index is 4.28. The Kier molecular flexibility index (Phi) is 4.39. The zero-order valence-corrected chi connectivity index (χ0v) is 6.86. The Morgan fingerprint density at radius 2 is 2.17 bits per heavy atom. The third-order valence-corrected chi connectivity index (χ3v) is 1.60. The first kappa shape index (κ1) is 11.0. The molecule has 0 spiro atoms. The van der Waals surface area contributed by atoms with Crippen LogP contribution < -0.4 is 0 Å². The number of aldehydes is 1. The first-order valence-corrected chi connectivity index (χ1v) is 3.50. The molecule has 0 rings (SSSR count). The number of aliphatic hydroxyl groups is 2. The number of hydrogen-bond acceptors (Lipinski definition) is 4. The van der Waals surface area contributed by atoms with E-state index in [-0.39, 0.29) is 11.9 Å². The highest BCUT2D eigenvalue weighted by Gasteiger charge is 2.22. The van der Waals surface area contributed by atoms with E-state index in [0.717, 1.165) is 0 Å². The molecule has 0 radical (unpaired) electrons. The van der Waals surface area contributed by atoms with Crippen LogP contribution in [-0.2, 0) is 9.59 Å². The lowest BCUT2D eigenvalue weighted by Gasteiger charge is -2.12. The third kappa shape index (κ3) is 2.56. The molecule has 0 aromatic carbocycles. The van der Waals surface area contributed by atoms with Gasteiger partial charge in [-0.05, 0) is 0 Å². The molecule has 0 aliphatic heterocycles. The predicted octanol–water partition coefficient (Wildman–Crippen LogP) is -0.700. The van der Waals surface area contributed by atoms with Crippen molar-refractivity contribution >= 4 is 12.1 Å². The Hall–Kier alpha value is -1.00. The van der Waals surface area contributed by atoms with E-state index in [2.05, 4.69) is 6.58 Å². The van der Waals surface area contributed by atoms with E-state index in [4.69, 9.17) is 10.2 Å². The molecule has 0 aliphatic rings. The number of carbonyl (C=O) groups is 2. The summed E-state index contributed by atoms with van der Waals surface area (Å²) in [6.07, 6.45) is -1.03. The molecule has 0 amide bonds. The average molecular weight is 172 g/mol. The normalized spacial score (nSPS) is 14.9. The van der Waals surface area contributed by atoms with Crippen molar-refractivity contribution in [1.29, 1.82) is 0 Å². The van der Waals surface area contributed by atoms with Crippen LogP contribution >= 0.6 is 0 Å². The van der Waals surface area contributed by atoms with Crippen molar-refractivity contribution < 1.29 is 19.8 Å². The van der Waals surface area contributed by atoms with Crippen LogP contribution in [-0.4, -0.2) is 35.0 Å². The summed E-state index contributed by atoms with van der Waals surface area (Å²) in [6, 6.07) is 0. The monoisotopic (exact) mass is 172 g/mol. The Morgan fingerprint density at radius 3 is 2.50 bits per heavy atom. The van der Waals surface area contributed by atoms with E-state index in [9.17, 15) is 9.59 Å². The number of Topliss-reactive ketones (excluding diaryl/α,β-unsaturated/α-hetero) is 1. The van der Waals surface area contributed by atoms with Crippen LogP contribution in [0, 0.1) is 5.92 Å². The molecule has 0 fully saturated rings. The maximum atomic E-state index is 11.1. The fourth-order valence-electron chi connectivity index (χ4n) is 0.673. The number of hydrogen-bond donors (Lipinski definition) is 2. The molecule has 0 saturated heterocycles. The molecule has 0 bridgehead atoms. The van der Waals surface area contributed by atoms with E-state index in [1.54, 1.807) is 0 Å². The second-order valence-corrected chi connectivity index (χ2v) is 2.54. The van der Waals surface area contributed by atoms with Crippen LogP contribution in [0.2, 0.25) is 0 Å². The lowest BCUT2D eigenvalue weighted by atomic mass is 9.96. The highest BCUT2D eigenvalue weighted by molar-refractivity contribution is 5.98. The summed E-state index contributed by atoms with van der Waals surface area (Å²) >= 11 is 0. The van der Waals surface area contributed by atoms with Gasteiger partial charge >= 0.3 is 0 Å². The number of aliphatic hydroxyl groups excluding tert-OH is 2. The number of carbonyl (C=O) groups excluding carboxylic acids is 2. The topological polar surface area (TPSA) is 74.6 Å². The molecule has 0 unspecified atom stereocenters. The Labute approximate surface area is 70.5 Å². The summed E-state index contributed by atoms with van der Waals surface area (Å²) in [4.78, 5) is 21.2. The van der Waals surface area contributed by atoms with Gasteiger partial charge in [0.05, 0.1) is 12.5 Å². The largest absolute Gasteiger partial charge is 0.392 e. The van der Waals surface area contributed by atoms with Crippen molar-refractivity contribution in [2.45, 2.75) is 13.0 Å². The van der Waals surface area contributed by atoms with Gasteiger partial charge in [-0.3, -0.25) is 4.79 Å². The van der Waals surface area contributed by atoms with Crippen LogP contribution in [0.5, 0.6) is 0 Å². The first-order chi connectivity index (χ1) is 5.54. The predicted molar refractivity (Wildman–Crippen MR) is 42.5 cm³/mol. The molecule has 0 aliphatic carbocycles. The van der Waals surface area contributed by atoms with Gasteiger partial charge in [0.2, 0.25) is 0 Å². The minimum absolute atomic E-state index is 0.00315. The minimum Gasteiger partial charge on any atom is -0.392 e. The van der Waals surface area contributed by atoms with Crippen LogP contribution in [0.25, 0.3) is 0 Å². The molecule has 2 atom stereocenters. The molecule has 4 heteroatoms. The van der Waals surface area contributed by atoms with Gasteiger partial charge in [-0.2, -0.15) is 0 Å². The van der Waals surface area contributed by atoms with Gasteiger partial charge in [-0.25, -0.2) is 0 Å². The van der Waals surface area contributed by atoms with Gasteiger partial charge in [0.15, 0.2) is 5.78 Å². The van der Waals surface area contributed by atoms with Gasteiger partial charge in [-0.15, -0.1) is 0 Å². The van der Waals surface area contributed by atoms with Gasteiger partial charge in [0, 0.05) is 5.57 Å². The maximum absolute atomic E-state index is 11.1. The summed E-state index contributed by atoms with van der Waals surface area (Å²) in [5.41, 5.74) is 0.00315. The van der Waals surface area contributed by atoms with Gasteiger partial charge in [0.1, 0.15) is 12.4 Å². The Bertz CT molecular complexity index is 197. The maximum Gasteiger partial charge on any atom is 0.166 e. The third-order valence-electron chi connectivity index (χ3n) is 1.60. The highest BCUT2D eigenvalue weighted by atomic mass is 16.3. The lowest BCUT2D eigenvalue weighted by molar-refractivity contribution is -0.128.